The highest BCUT2D eigenvalue weighted by atomic mass is 19.3. The quantitative estimate of drug-likeness (QED) is 0.656. The lowest BCUT2D eigenvalue weighted by atomic mass is 10.4. The van der Waals surface area contributed by atoms with Crippen molar-refractivity contribution in [1.29, 1.82) is 0 Å². The zero-order valence-corrected chi connectivity index (χ0v) is 5.93. The van der Waals surface area contributed by atoms with E-state index < -0.39 is 32.2 Å². The minimum Gasteiger partial charge on any atom is -0.388 e. The molecule has 76 valence electrons. The molecule has 0 aliphatic heterocycles. The lowest BCUT2D eigenvalue weighted by molar-refractivity contribution is -0.0843. The van der Waals surface area contributed by atoms with Crippen LogP contribution in [0.1, 0.15) is 0 Å². The monoisotopic (exact) mass is 196 g/mol. The lowest BCUT2D eigenvalue weighted by Gasteiger charge is -1.92. The summed E-state index contributed by atoms with van der Waals surface area (Å²) in [5.74, 6) is 0. The number of aliphatic hydroxyl groups is 2. The Morgan fingerprint density at radius 1 is 0.917 bits per heavy atom. The van der Waals surface area contributed by atoms with Gasteiger partial charge in [0.15, 0.2) is 0 Å². The third-order valence-corrected chi connectivity index (χ3v) is 0.564. The molecule has 0 saturated carbocycles. The maximum atomic E-state index is 10.9. The Morgan fingerprint density at radius 3 is 1.17 bits per heavy atom. The van der Waals surface area contributed by atoms with Crippen molar-refractivity contribution >= 4 is 0 Å². The summed E-state index contributed by atoms with van der Waals surface area (Å²) in [5.41, 5.74) is 0. The highest BCUT2D eigenvalue weighted by Crippen LogP contribution is 1.98. The van der Waals surface area contributed by atoms with Crippen LogP contribution in [-0.4, -0.2) is 42.4 Å². The van der Waals surface area contributed by atoms with E-state index in [1.807, 2.05) is 0 Å². The summed E-state index contributed by atoms with van der Waals surface area (Å²) in [6.45, 7) is -1.98. The molecule has 0 aliphatic carbocycles. The van der Waals surface area contributed by atoms with E-state index in [0.717, 1.165) is 0 Å². The van der Waals surface area contributed by atoms with Gasteiger partial charge in [0, 0.05) is 0 Å². The second kappa shape index (κ2) is 8.66. The Kier molecular flexibility index (Phi) is 10.2. The van der Waals surface area contributed by atoms with Crippen LogP contribution in [0.4, 0.5) is 22.0 Å². The van der Waals surface area contributed by atoms with E-state index in [4.69, 9.17) is 10.2 Å². The van der Waals surface area contributed by atoms with E-state index in [1.54, 1.807) is 0 Å². The van der Waals surface area contributed by atoms with Crippen LogP contribution in [0.2, 0.25) is 0 Å². The van der Waals surface area contributed by atoms with E-state index in [0.29, 0.717) is 0 Å². The van der Waals surface area contributed by atoms with Gasteiger partial charge in [-0.1, -0.05) is 0 Å². The van der Waals surface area contributed by atoms with Gasteiger partial charge in [-0.05, 0) is 0 Å². The number of aliphatic hydroxyl groups excluding tert-OH is 2. The second-order valence-corrected chi connectivity index (χ2v) is 1.67. The fourth-order valence-corrected chi connectivity index (χ4v) is 0.0412. The smallest absolute Gasteiger partial charge is 0.293 e. The molecule has 1 atom stereocenters. The largest absolute Gasteiger partial charge is 0.388 e. The molecule has 12 heavy (non-hydrogen) atoms. The Bertz CT molecular complexity index is 79.9. The van der Waals surface area contributed by atoms with Gasteiger partial charge in [0.1, 0.15) is 19.5 Å². The normalized spacial score (nSPS) is 12.8. The zero-order valence-electron chi connectivity index (χ0n) is 5.93. The summed E-state index contributed by atoms with van der Waals surface area (Å²) in [5, 5.41) is 15.1. The third-order valence-electron chi connectivity index (χ3n) is 0.564. The number of hydrogen-bond donors (Lipinski definition) is 2. The van der Waals surface area contributed by atoms with Crippen molar-refractivity contribution in [2.24, 2.45) is 0 Å². The molecule has 2 N–H and O–H groups in total. The molecule has 0 amide bonds. The van der Waals surface area contributed by atoms with Crippen molar-refractivity contribution in [3.05, 3.63) is 0 Å². The molecule has 0 heterocycles. The Hall–Kier alpha value is -0.430. The van der Waals surface area contributed by atoms with Crippen molar-refractivity contribution < 1.29 is 32.2 Å². The third kappa shape index (κ3) is 12.3. The molecule has 0 radical (unpaired) electrons. The topological polar surface area (TPSA) is 40.5 Å². The van der Waals surface area contributed by atoms with Gasteiger partial charge < -0.3 is 10.2 Å². The molecule has 0 bridgehead atoms. The van der Waals surface area contributed by atoms with Gasteiger partial charge in [0.05, 0.1) is 0 Å². The van der Waals surface area contributed by atoms with E-state index in [1.165, 1.54) is 0 Å². The molecule has 0 aromatic heterocycles. The van der Waals surface area contributed by atoms with Crippen LogP contribution < -0.4 is 0 Å². The van der Waals surface area contributed by atoms with E-state index in [-0.39, 0.29) is 0 Å². The minimum atomic E-state index is -3.26. The first-order chi connectivity index (χ1) is 5.45. The fourth-order valence-electron chi connectivity index (χ4n) is 0.0412. The van der Waals surface area contributed by atoms with Crippen molar-refractivity contribution in [2.45, 2.75) is 18.9 Å². The van der Waals surface area contributed by atoms with Crippen LogP contribution in [0, 0.1) is 0 Å². The second-order valence-electron chi connectivity index (χ2n) is 1.67. The average molecular weight is 196 g/mol. The summed E-state index contributed by atoms with van der Waals surface area (Å²) >= 11 is 0. The molecule has 0 aromatic carbocycles. The molecule has 2 nitrogen and oxygen atoms in total. The Labute approximate surface area is 65.6 Å². The van der Waals surface area contributed by atoms with Gasteiger partial charge in [0.25, 0.3) is 12.8 Å². The SMILES string of the molecule is OC(CF)CF.OC(F)C(F)F. The highest BCUT2D eigenvalue weighted by Gasteiger charge is 2.12. The molecular weight excluding hydrogens is 187 g/mol. The van der Waals surface area contributed by atoms with Crippen molar-refractivity contribution in [3.8, 4) is 0 Å². The van der Waals surface area contributed by atoms with Crippen LogP contribution in [0.3, 0.4) is 0 Å². The summed E-state index contributed by atoms with van der Waals surface area (Å²) < 4.78 is 53.5. The van der Waals surface area contributed by atoms with Gasteiger partial charge in [-0.25, -0.2) is 22.0 Å². The molecule has 0 fully saturated rings. The number of rotatable bonds is 3. The summed E-state index contributed by atoms with van der Waals surface area (Å²) in [4.78, 5) is 0. The van der Waals surface area contributed by atoms with Crippen molar-refractivity contribution in [3.63, 3.8) is 0 Å². The van der Waals surface area contributed by atoms with Crippen LogP contribution in [0.15, 0.2) is 0 Å². The summed E-state index contributed by atoms with van der Waals surface area (Å²) in [7, 11) is 0. The molecule has 0 rings (SSSR count). The van der Waals surface area contributed by atoms with Crippen LogP contribution in [0.5, 0.6) is 0 Å². The minimum absolute atomic E-state index is 0.990. The first kappa shape index (κ1) is 14.1. The maximum Gasteiger partial charge on any atom is 0.293 e. The fraction of sp³-hybridized carbons (Fsp3) is 1.00. The predicted molar refractivity (Wildman–Crippen MR) is 31.1 cm³/mol. The molecule has 0 saturated heterocycles. The Morgan fingerprint density at radius 2 is 1.17 bits per heavy atom. The van der Waals surface area contributed by atoms with Crippen molar-refractivity contribution in [1.82, 2.24) is 0 Å². The van der Waals surface area contributed by atoms with E-state index in [9.17, 15) is 22.0 Å². The maximum absolute atomic E-state index is 10.9. The highest BCUT2D eigenvalue weighted by molar-refractivity contribution is 4.45. The number of alkyl halides is 5. The van der Waals surface area contributed by atoms with Crippen LogP contribution in [0.25, 0.3) is 0 Å². The first-order valence-electron chi connectivity index (χ1n) is 2.86. The first-order valence-corrected chi connectivity index (χ1v) is 2.86. The van der Waals surface area contributed by atoms with Gasteiger partial charge in [0.2, 0.25) is 0 Å². The van der Waals surface area contributed by atoms with E-state index >= 15 is 0 Å². The number of halogens is 5. The van der Waals surface area contributed by atoms with Crippen molar-refractivity contribution in [2.75, 3.05) is 13.3 Å². The van der Waals surface area contributed by atoms with Crippen LogP contribution in [-0.2, 0) is 0 Å². The zero-order chi connectivity index (χ0) is 10.1. The van der Waals surface area contributed by atoms with Crippen LogP contribution >= 0.6 is 0 Å². The molecule has 7 heteroatoms. The molecule has 0 aromatic rings. The molecule has 0 aliphatic rings. The molecule has 0 spiro atoms. The van der Waals surface area contributed by atoms with Gasteiger partial charge in [-0.2, -0.15) is 0 Å². The Balaban J connectivity index is 0. The van der Waals surface area contributed by atoms with Gasteiger partial charge in [-0.3, -0.25) is 0 Å². The standard InChI is InChI=1S/C3H6F2O.C2H3F3O/c4-1-3(6)2-5;3-1(4)2(5)6/h3,6H,1-2H2;1-2,6H. The van der Waals surface area contributed by atoms with Gasteiger partial charge in [-0.15, -0.1) is 0 Å². The molecule has 1 unspecified atom stereocenters. The predicted octanol–water partition coefficient (Wildman–Crippen LogP) is 0.826. The molecular formula is C5H9F5O2. The summed E-state index contributed by atoms with van der Waals surface area (Å²) in [6, 6.07) is 0. The van der Waals surface area contributed by atoms with E-state index in [2.05, 4.69) is 0 Å². The number of hydrogen-bond acceptors (Lipinski definition) is 2. The summed E-state index contributed by atoms with van der Waals surface area (Å²) in [6.07, 6.45) is -7.64. The average Bonchev–Trinajstić information content (AvgIpc) is 2.04. The van der Waals surface area contributed by atoms with Gasteiger partial charge >= 0.3 is 0 Å². The lowest BCUT2D eigenvalue weighted by Crippen LogP contribution is -2.10.